The fourth-order valence-corrected chi connectivity index (χ4v) is 6.57. The van der Waals surface area contributed by atoms with Crippen molar-refractivity contribution in [3.05, 3.63) is 141 Å². The molecule has 11 heteroatoms. The molecule has 1 aliphatic rings. The highest BCUT2D eigenvalue weighted by Crippen LogP contribution is 2.43. The van der Waals surface area contributed by atoms with Gasteiger partial charge in [0.2, 0.25) is 0 Å². The van der Waals surface area contributed by atoms with Gasteiger partial charge in [0.15, 0.2) is 5.11 Å². The summed E-state index contributed by atoms with van der Waals surface area (Å²) in [6, 6.07) is 29.5. The number of anilines is 1. The van der Waals surface area contributed by atoms with Gasteiger partial charge in [-0.2, -0.15) is 0 Å². The monoisotopic (exact) mass is 617 g/mol. The van der Waals surface area contributed by atoms with Crippen LogP contribution in [-0.2, 0) is 0 Å². The van der Waals surface area contributed by atoms with E-state index in [1.165, 1.54) is 23.9 Å². The van der Waals surface area contributed by atoms with Crippen molar-refractivity contribution in [3.8, 4) is 5.69 Å². The number of hydrogen-bond donors (Lipinski definition) is 1. The Labute approximate surface area is 255 Å². The molecule has 0 aliphatic carbocycles. The Balaban J connectivity index is 1.37. The summed E-state index contributed by atoms with van der Waals surface area (Å²) in [5.41, 5.74) is 3.62. The normalized spacial score (nSPS) is 16.5. The van der Waals surface area contributed by atoms with Gasteiger partial charge in [0.05, 0.1) is 27.4 Å². The van der Waals surface area contributed by atoms with E-state index >= 15 is 0 Å². The van der Waals surface area contributed by atoms with Gasteiger partial charge in [0, 0.05) is 50.7 Å². The van der Waals surface area contributed by atoms with Gasteiger partial charge in [-0.05, 0) is 91.1 Å². The SMILES string of the molecule is O=[N+]([O-])c1ccc(Sc2ccc(N3C(=S)N[C@H](c4ccccn4)[C@@H]3c3cccn3-c3ccc(Cl)cc3Cl)cc2)cc1. The topological polar surface area (TPSA) is 76.2 Å². The van der Waals surface area contributed by atoms with Gasteiger partial charge in [-0.15, -0.1) is 0 Å². The largest absolute Gasteiger partial charge is 0.351 e. The number of nitro benzene ring substituents is 1. The van der Waals surface area contributed by atoms with Crippen molar-refractivity contribution in [2.45, 2.75) is 21.9 Å². The minimum atomic E-state index is -0.401. The Bertz CT molecular complexity index is 1730. The number of hydrogen-bond acceptors (Lipinski definition) is 5. The summed E-state index contributed by atoms with van der Waals surface area (Å²) < 4.78 is 2.06. The second kappa shape index (κ2) is 11.5. The Morgan fingerprint density at radius 1 is 0.927 bits per heavy atom. The van der Waals surface area contributed by atoms with Gasteiger partial charge in [-0.3, -0.25) is 15.1 Å². The molecule has 3 heterocycles. The van der Waals surface area contributed by atoms with Crippen LogP contribution in [0.15, 0.2) is 119 Å². The maximum Gasteiger partial charge on any atom is 0.269 e. The third-order valence-corrected chi connectivity index (χ3v) is 8.62. The average molecular weight is 619 g/mol. The summed E-state index contributed by atoms with van der Waals surface area (Å²) >= 11 is 20.3. The highest BCUT2D eigenvalue weighted by molar-refractivity contribution is 7.99. The van der Waals surface area contributed by atoms with Crippen molar-refractivity contribution in [2.24, 2.45) is 0 Å². The van der Waals surface area contributed by atoms with Gasteiger partial charge in [-0.1, -0.05) is 41.0 Å². The molecule has 7 nitrogen and oxygen atoms in total. The molecule has 1 fully saturated rings. The van der Waals surface area contributed by atoms with E-state index in [1.54, 1.807) is 24.4 Å². The van der Waals surface area contributed by atoms with E-state index < -0.39 is 4.92 Å². The fourth-order valence-electron chi connectivity index (χ4n) is 4.91. The summed E-state index contributed by atoms with van der Waals surface area (Å²) in [5, 5.41) is 16.2. The van der Waals surface area contributed by atoms with Crippen LogP contribution in [0.2, 0.25) is 10.0 Å². The lowest BCUT2D eigenvalue weighted by atomic mass is 10.0. The summed E-state index contributed by atoms with van der Waals surface area (Å²) in [6.07, 6.45) is 3.75. The molecule has 1 saturated heterocycles. The van der Waals surface area contributed by atoms with Gasteiger partial charge in [-0.25, -0.2) is 0 Å². The fraction of sp³-hybridized carbons (Fsp3) is 0.0667. The molecule has 0 amide bonds. The maximum absolute atomic E-state index is 11.0. The molecule has 0 unspecified atom stereocenters. The summed E-state index contributed by atoms with van der Waals surface area (Å²) in [7, 11) is 0. The Hall–Kier alpha value is -3.89. The van der Waals surface area contributed by atoms with E-state index in [1.807, 2.05) is 66.9 Å². The number of nitrogens with zero attached hydrogens (tertiary/aromatic N) is 4. The molecule has 1 aliphatic heterocycles. The molecule has 0 saturated carbocycles. The predicted octanol–water partition coefficient (Wildman–Crippen LogP) is 8.42. The summed E-state index contributed by atoms with van der Waals surface area (Å²) in [5.74, 6) is 0. The van der Waals surface area contributed by atoms with E-state index in [0.717, 1.165) is 32.6 Å². The first-order valence-corrected chi connectivity index (χ1v) is 14.5. The molecule has 0 spiro atoms. The Morgan fingerprint density at radius 2 is 1.66 bits per heavy atom. The molecule has 2 aromatic heterocycles. The molecular weight excluding hydrogens is 597 g/mol. The van der Waals surface area contributed by atoms with Crippen LogP contribution in [0.4, 0.5) is 11.4 Å². The lowest BCUT2D eigenvalue weighted by molar-refractivity contribution is -0.384. The minimum Gasteiger partial charge on any atom is -0.351 e. The smallest absolute Gasteiger partial charge is 0.269 e. The van der Waals surface area contributed by atoms with Crippen molar-refractivity contribution in [3.63, 3.8) is 0 Å². The second-order valence-corrected chi connectivity index (χ2v) is 11.6. The first-order valence-electron chi connectivity index (χ1n) is 12.5. The molecular formula is C30H21Cl2N5O2S2. The summed E-state index contributed by atoms with van der Waals surface area (Å²) in [6.45, 7) is 0. The third-order valence-electron chi connectivity index (χ3n) is 6.75. The van der Waals surface area contributed by atoms with Crippen molar-refractivity contribution < 1.29 is 4.92 Å². The predicted molar refractivity (Wildman–Crippen MR) is 167 cm³/mol. The van der Waals surface area contributed by atoms with Crippen molar-refractivity contribution in [2.75, 3.05) is 4.90 Å². The number of halogens is 2. The van der Waals surface area contributed by atoms with E-state index in [9.17, 15) is 10.1 Å². The van der Waals surface area contributed by atoms with Crippen LogP contribution in [0.3, 0.4) is 0 Å². The molecule has 3 aromatic carbocycles. The van der Waals surface area contributed by atoms with Gasteiger partial charge < -0.3 is 14.8 Å². The number of nitro groups is 1. The number of non-ortho nitro benzene ring substituents is 1. The number of nitrogens with one attached hydrogen (secondary N) is 1. The van der Waals surface area contributed by atoms with Crippen LogP contribution < -0.4 is 10.2 Å². The van der Waals surface area contributed by atoms with Crippen molar-refractivity contribution in [1.82, 2.24) is 14.9 Å². The number of aromatic nitrogens is 2. The minimum absolute atomic E-state index is 0.0675. The van der Waals surface area contributed by atoms with E-state index in [4.69, 9.17) is 35.4 Å². The highest BCUT2D eigenvalue weighted by atomic mass is 35.5. The van der Waals surface area contributed by atoms with Gasteiger partial charge in [0.1, 0.15) is 6.04 Å². The maximum atomic E-state index is 11.0. The standard InChI is InChI=1S/C30H21Cl2N5O2S2/c31-19-6-15-26(24(32)18-19)35-17-3-5-27(35)29-28(25-4-1-2-16-33-25)34-30(40)36(29)20-7-11-22(12-8-20)41-23-13-9-21(10-14-23)37(38)39/h1-18,28-29H,(H,34,40)/t28-,29+/m1/s1. The molecule has 204 valence electrons. The number of rotatable bonds is 7. The Morgan fingerprint density at radius 3 is 2.32 bits per heavy atom. The lowest BCUT2D eigenvalue weighted by Gasteiger charge is -2.29. The van der Waals surface area contributed by atoms with E-state index in [-0.39, 0.29) is 17.8 Å². The number of thiocarbonyl (C=S) groups is 1. The van der Waals surface area contributed by atoms with Crippen LogP contribution in [0.5, 0.6) is 0 Å². The zero-order valence-corrected chi connectivity index (χ0v) is 24.4. The molecule has 0 bridgehead atoms. The molecule has 0 radical (unpaired) electrons. The number of pyridine rings is 1. The van der Waals surface area contributed by atoms with Crippen LogP contribution >= 0.6 is 47.2 Å². The van der Waals surface area contributed by atoms with Crippen molar-refractivity contribution >= 4 is 63.7 Å². The van der Waals surface area contributed by atoms with Gasteiger partial charge >= 0.3 is 0 Å². The quantitative estimate of drug-likeness (QED) is 0.112. The molecule has 41 heavy (non-hydrogen) atoms. The second-order valence-electron chi connectivity index (χ2n) is 9.24. The zero-order valence-electron chi connectivity index (χ0n) is 21.2. The van der Waals surface area contributed by atoms with Crippen molar-refractivity contribution in [1.29, 1.82) is 0 Å². The molecule has 6 rings (SSSR count). The van der Waals surface area contributed by atoms with Crippen LogP contribution in [0.1, 0.15) is 23.5 Å². The summed E-state index contributed by atoms with van der Waals surface area (Å²) in [4.78, 5) is 19.2. The van der Waals surface area contributed by atoms with Crippen LogP contribution in [-0.4, -0.2) is 19.6 Å². The third kappa shape index (κ3) is 5.54. The van der Waals surface area contributed by atoms with Crippen LogP contribution in [0, 0.1) is 10.1 Å². The molecule has 1 N–H and O–H groups in total. The van der Waals surface area contributed by atoms with Crippen LogP contribution in [0.25, 0.3) is 5.69 Å². The van der Waals surface area contributed by atoms with E-state index in [0.29, 0.717) is 15.2 Å². The van der Waals surface area contributed by atoms with Gasteiger partial charge in [0.25, 0.3) is 5.69 Å². The highest BCUT2D eigenvalue weighted by Gasteiger charge is 2.42. The lowest BCUT2D eigenvalue weighted by Crippen LogP contribution is -2.30. The van der Waals surface area contributed by atoms with E-state index in [2.05, 4.69) is 25.8 Å². The average Bonchev–Trinajstić information content (AvgIpc) is 3.58. The molecule has 2 atom stereocenters. The molecule has 5 aromatic rings. The number of benzene rings is 3. The zero-order chi connectivity index (χ0) is 28.5. The first kappa shape index (κ1) is 27.3. The first-order chi connectivity index (χ1) is 19.9. The Kier molecular flexibility index (Phi) is 7.68.